The molecule has 0 bridgehead atoms. The minimum Gasteiger partial charge on any atom is -0.496 e. The van der Waals surface area contributed by atoms with E-state index < -0.39 is 0 Å². The lowest BCUT2D eigenvalue weighted by Gasteiger charge is -2.28. The number of hydrogen-bond acceptors (Lipinski definition) is 5. The Hall–Kier alpha value is -3.45. The third kappa shape index (κ3) is 4.48. The molecule has 3 aromatic carbocycles. The average Bonchev–Trinajstić information content (AvgIpc) is 3.56. The fourth-order valence-corrected chi connectivity index (χ4v) is 5.12. The van der Waals surface area contributed by atoms with Gasteiger partial charge in [-0.2, -0.15) is 0 Å². The van der Waals surface area contributed by atoms with Crippen LogP contribution in [-0.2, 0) is 11.3 Å². The molecule has 1 fully saturated rings. The third-order valence-electron chi connectivity index (χ3n) is 6.63. The van der Waals surface area contributed by atoms with E-state index in [1.807, 2.05) is 47.4 Å². The smallest absolute Gasteiger partial charge is 0.223 e. The molecule has 0 radical (unpaired) electrons. The van der Waals surface area contributed by atoms with Gasteiger partial charge in [-0.3, -0.25) is 4.79 Å². The first-order valence-corrected chi connectivity index (χ1v) is 11.8. The number of likely N-dealkylation sites (tertiary alicyclic amines) is 1. The molecule has 2 atom stereocenters. The fourth-order valence-electron chi connectivity index (χ4n) is 4.99. The maximum absolute atomic E-state index is 13.7. The number of benzene rings is 3. The maximum Gasteiger partial charge on any atom is 0.223 e. The zero-order valence-corrected chi connectivity index (χ0v) is 19.7. The van der Waals surface area contributed by atoms with Crippen LogP contribution in [0.15, 0.2) is 67.0 Å². The van der Waals surface area contributed by atoms with E-state index in [0.717, 1.165) is 41.5 Å². The highest BCUT2D eigenvalue weighted by Gasteiger charge is 2.32. The van der Waals surface area contributed by atoms with Crippen molar-refractivity contribution in [1.82, 2.24) is 25.1 Å². The van der Waals surface area contributed by atoms with Gasteiger partial charge in [0.2, 0.25) is 5.91 Å². The largest absolute Gasteiger partial charge is 0.496 e. The summed E-state index contributed by atoms with van der Waals surface area (Å²) >= 11 is 6.10. The average molecular weight is 476 g/mol. The van der Waals surface area contributed by atoms with Crippen LogP contribution in [0, 0.1) is 0 Å². The Kier molecular flexibility index (Phi) is 6.45. The van der Waals surface area contributed by atoms with Crippen molar-refractivity contribution in [2.24, 2.45) is 0 Å². The third-order valence-corrected chi connectivity index (χ3v) is 6.88. The van der Waals surface area contributed by atoms with E-state index in [2.05, 4.69) is 33.7 Å². The van der Waals surface area contributed by atoms with Crippen molar-refractivity contribution in [1.29, 1.82) is 0 Å². The Morgan fingerprint density at radius 2 is 1.91 bits per heavy atom. The summed E-state index contributed by atoms with van der Waals surface area (Å²) in [6, 6.07) is 20.1. The van der Waals surface area contributed by atoms with Gasteiger partial charge in [0.1, 0.15) is 12.1 Å². The standard InChI is InChI=1S/C26H26ClN5O2/c1-34-25-13-12-22(21-5-2-3-6-23(21)25)24-7-4-14-32(24)26(33)15-19(16-31-17-28-29-30-31)18-8-10-20(27)11-9-18/h2-3,5-6,8-13,17,19,24H,4,7,14-16H2,1H3. The SMILES string of the molecule is COc1ccc(C2CCCN2C(=O)CC(Cn2cnnn2)c2ccc(Cl)cc2)c2ccccc12. The molecule has 1 aliphatic heterocycles. The van der Waals surface area contributed by atoms with Gasteiger partial charge in [-0.15, -0.1) is 5.10 Å². The Bertz CT molecular complexity index is 1280. The van der Waals surface area contributed by atoms with Crippen LogP contribution in [0.2, 0.25) is 5.02 Å². The van der Waals surface area contributed by atoms with Gasteiger partial charge in [0.25, 0.3) is 0 Å². The summed E-state index contributed by atoms with van der Waals surface area (Å²) < 4.78 is 7.24. The molecule has 174 valence electrons. The molecule has 2 unspecified atom stereocenters. The van der Waals surface area contributed by atoms with Crippen LogP contribution in [0.25, 0.3) is 10.8 Å². The van der Waals surface area contributed by atoms with Crippen molar-refractivity contribution in [2.45, 2.75) is 37.8 Å². The van der Waals surface area contributed by atoms with Crippen molar-refractivity contribution >= 4 is 28.3 Å². The minimum absolute atomic E-state index is 0.0437. The summed E-state index contributed by atoms with van der Waals surface area (Å²) in [6.07, 6.45) is 3.87. The molecule has 1 aliphatic rings. The summed E-state index contributed by atoms with van der Waals surface area (Å²) in [7, 11) is 1.69. The van der Waals surface area contributed by atoms with E-state index in [1.54, 1.807) is 18.1 Å². The van der Waals surface area contributed by atoms with Crippen molar-refractivity contribution in [2.75, 3.05) is 13.7 Å². The predicted octanol–water partition coefficient (Wildman–Crippen LogP) is 5.03. The second-order valence-electron chi connectivity index (χ2n) is 8.63. The maximum atomic E-state index is 13.7. The normalized spacial score (nSPS) is 16.6. The van der Waals surface area contributed by atoms with Gasteiger partial charge < -0.3 is 9.64 Å². The molecular formula is C26H26ClN5O2. The molecule has 1 aromatic heterocycles. The number of carbonyl (C=O) groups is 1. The number of nitrogens with zero attached hydrogens (tertiary/aromatic N) is 5. The number of aromatic nitrogens is 4. The number of amides is 1. The van der Waals surface area contributed by atoms with E-state index in [9.17, 15) is 4.79 Å². The van der Waals surface area contributed by atoms with Crippen molar-refractivity contribution < 1.29 is 9.53 Å². The van der Waals surface area contributed by atoms with Gasteiger partial charge in [0, 0.05) is 29.3 Å². The van der Waals surface area contributed by atoms with Gasteiger partial charge in [0.05, 0.1) is 19.7 Å². The molecule has 8 heteroatoms. The zero-order chi connectivity index (χ0) is 23.5. The lowest BCUT2D eigenvalue weighted by molar-refractivity contribution is -0.132. The minimum atomic E-state index is -0.0675. The number of tetrazole rings is 1. The summed E-state index contributed by atoms with van der Waals surface area (Å²) in [5.74, 6) is 0.914. The van der Waals surface area contributed by atoms with Gasteiger partial charge in [-0.05, 0) is 58.0 Å². The van der Waals surface area contributed by atoms with Crippen LogP contribution in [0.4, 0.5) is 0 Å². The van der Waals surface area contributed by atoms with Crippen molar-refractivity contribution in [3.05, 3.63) is 83.1 Å². The van der Waals surface area contributed by atoms with Crippen LogP contribution in [-0.4, -0.2) is 44.7 Å². The fraction of sp³-hybridized carbons (Fsp3) is 0.308. The number of ether oxygens (including phenoxy) is 1. The van der Waals surface area contributed by atoms with Crippen molar-refractivity contribution in [3.8, 4) is 5.75 Å². The second-order valence-corrected chi connectivity index (χ2v) is 9.07. The molecule has 0 N–H and O–H groups in total. The molecule has 5 rings (SSSR count). The summed E-state index contributed by atoms with van der Waals surface area (Å²) in [6.45, 7) is 1.27. The highest BCUT2D eigenvalue weighted by molar-refractivity contribution is 6.30. The van der Waals surface area contributed by atoms with E-state index in [0.29, 0.717) is 18.0 Å². The van der Waals surface area contributed by atoms with Crippen LogP contribution in [0.1, 0.15) is 42.3 Å². The molecule has 34 heavy (non-hydrogen) atoms. The lowest BCUT2D eigenvalue weighted by Crippen LogP contribution is -2.32. The quantitative estimate of drug-likeness (QED) is 0.375. The second kappa shape index (κ2) is 9.81. The van der Waals surface area contributed by atoms with E-state index in [1.165, 1.54) is 5.56 Å². The zero-order valence-electron chi connectivity index (χ0n) is 19.0. The van der Waals surface area contributed by atoms with E-state index >= 15 is 0 Å². The van der Waals surface area contributed by atoms with Gasteiger partial charge in [0.15, 0.2) is 0 Å². The molecule has 7 nitrogen and oxygen atoms in total. The number of halogens is 1. The molecule has 0 spiro atoms. The van der Waals surface area contributed by atoms with E-state index in [4.69, 9.17) is 16.3 Å². The monoisotopic (exact) mass is 475 g/mol. The van der Waals surface area contributed by atoms with Gasteiger partial charge in [-0.25, -0.2) is 4.68 Å². The van der Waals surface area contributed by atoms with Gasteiger partial charge in [-0.1, -0.05) is 54.1 Å². The summed E-state index contributed by atoms with van der Waals surface area (Å²) in [5, 5.41) is 14.4. The molecule has 1 saturated heterocycles. The molecule has 2 heterocycles. The molecule has 0 aliphatic carbocycles. The highest BCUT2D eigenvalue weighted by Crippen LogP contribution is 2.39. The lowest BCUT2D eigenvalue weighted by atomic mass is 9.93. The number of methoxy groups -OCH3 is 1. The molecule has 0 saturated carbocycles. The Morgan fingerprint density at radius 3 is 2.65 bits per heavy atom. The topological polar surface area (TPSA) is 73.1 Å². The Labute approximate surface area is 203 Å². The Morgan fingerprint density at radius 1 is 1.12 bits per heavy atom. The highest BCUT2D eigenvalue weighted by atomic mass is 35.5. The molecular weight excluding hydrogens is 450 g/mol. The molecule has 4 aromatic rings. The summed E-state index contributed by atoms with van der Waals surface area (Å²) in [5.41, 5.74) is 2.21. The Balaban J connectivity index is 1.43. The van der Waals surface area contributed by atoms with E-state index in [-0.39, 0.29) is 17.9 Å². The van der Waals surface area contributed by atoms with Crippen LogP contribution in [0.5, 0.6) is 5.75 Å². The van der Waals surface area contributed by atoms with Gasteiger partial charge >= 0.3 is 0 Å². The molecule has 1 amide bonds. The summed E-state index contributed by atoms with van der Waals surface area (Å²) in [4.78, 5) is 15.7. The predicted molar refractivity (Wildman–Crippen MR) is 131 cm³/mol. The van der Waals surface area contributed by atoms with Crippen LogP contribution < -0.4 is 4.74 Å². The van der Waals surface area contributed by atoms with Crippen LogP contribution >= 0.6 is 11.6 Å². The number of fused-ring (bicyclic) bond motifs is 1. The number of carbonyl (C=O) groups excluding carboxylic acids is 1. The number of rotatable bonds is 7. The first-order valence-electron chi connectivity index (χ1n) is 11.5. The first kappa shape index (κ1) is 22.3. The first-order chi connectivity index (χ1) is 16.6. The van der Waals surface area contributed by atoms with Crippen molar-refractivity contribution in [3.63, 3.8) is 0 Å². The number of hydrogen-bond donors (Lipinski definition) is 0. The van der Waals surface area contributed by atoms with Crippen LogP contribution in [0.3, 0.4) is 0 Å².